The summed E-state index contributed by atoms with van der Waals surface area (Å²) in [6.07, 6.45) is 10.5. The third-order valence-corrected chi connectivity index (χ3v) is 13.1. The fourth-order valence-corrected chi connectivity index (χ4v) is 9.57. The second-order valence-corrected chi connectivity index (χ2v) is 18.4. The molecule has 0 aliphatic rings. The summed E-state index contributed by atoms with van der Waals surface area (Å²) in [5.41, 5.74) is 6.82. The van der Waals surface area contributed by atoms with Gasteiger partial charge in [-0.05, 0) is 121 Å². The number of hydrogen-bond donors (Lipinski definition) is 2. The highest BCUT2D eigenvalue weighted by molar-refractivity contribution is 5.98. The van der Waals surface area contributed by atoms with E-state index in [1.165, 1.54) is 21.3 Å². The van der Waals surface area contributed by atoms with E-state index in [9.17, 15) is 19.2 Å². The van der Waals surface area contributed by atoms with Crippen LogP contribution in [0.3, 0.4) is 0 Å². The van der Waals surface area contributed by atoms with Crippen LogP contribution in [0, 0.1) is 0 Å². The zero-order valence-electron chi connectivity index (χ0n) is 41.2. The van der Waals surface area contributed by atoms with Gasteiger partial charge in [-0.3, -0.25) is 33.7 Å². The third kappa shape index (κ3) is 9.17. The highest BCUT2D eigenvalue weighted by Crippen LogP contribution is 2.33. The molecule has 0 unspecified atom stereocenters. The Morgan fingerprint density at radius 2 is 0.932 bits per heavy atom. The van der Waals surface area contributed by atoms with E-state index in [2.05, 4.69) is 36.6 Å². The zero-order valence-corrected chi connectivity index (χ0v) is 41.2. The molecule has 0 saturated carbocycles. The lowest BCUT2D eigenvalue weighted by molar-refractivity contribution is 0.541. The number of pyridine rings is 8. The van der Waals surface area contributed by atoms with Crippen molar-refractivity contribution < 1.29 is 0 Å². The summed E-state index contributed by atoms with van der Waals surface area (Å²) >= 11 is 0. The number of para-hydroxylation sites is 1. The van der Waals surface area contributed by atoms with Gasteiger partial charge in [0.05, 0.1) is 22.9 Å². The molecule has 14 nitrogen and oxygen atoms in total. The van der Waals surface area contributed by atoms with Crippen LogP contribution >= 0.6 is 0 Å². The van der Waals surface area contributed by atoms with Crippen molar-refractivity contribution in [1.82, 2.24) is 38.2 Å². The molecule has 0 spiro atoms. The number of aromatic nitrogens is 8. The van der Waals surface area contributed by atoms with E-state index >= 15 is 0 Å². The molecule has 362 valence electrons. The van der Waals surface area contributed by atoms with Gasteiger partial charge in [-0.15, -0.1) is 0 Å². The Kier molecular flexibility index (Phi) is 12.9. The van der Waals surface area contributed by atoms with Gasteiger partial charge in [-0.1, -0.05) is 66.7 Å². The summed E-state index contributed by atoms with van der Waals surface area (Å²) in [6.45, 7) is 8.06. The lowest BCUT2D eigenvalue weighted by atomic mass is 9.98. The van der Waals surface area contributed by atoms with Gasteiger partial charge in [0.1, 0.15) is 11.0 Å². The Bertz CT molecular complexity index is 4130. The number of rotatable bonds is 10. The van der Waals surface area contributed by atoms with Crippen molar-refractivity contribution >= 4 is 55.0 Å². The average molecular weight is 965 g/mol. The summed E-state index contributed by atoms with van der Waals surface area (Å²) in [4.78, 5) is 70.2. The van der Waals surface area contributed by atoms with Crippen molar-refractivity contribution in [1.29, 1.82) is 0 Å². The molecule has 3 aromatic carbocycles. The summed E-state index contributed by atoms with van der Waals surface area (Å²) in [6, 6.07) is 43.1. The predicted molar refractivity (Wildman–Crippen MR) is 293 cm³/mol. The minimum Gasteiger partial charge on any atom is -0.360 e. The van der Waals surface area contributed by atoms with Crippen LogP contribution in [0.2, 0.25) is 0 Å². The Morgan fingerprint density at radius 3 is 1.44 bits per heavy atom. The van der Waals surface area contributed by atoms with Gasteiger partial charge in [0.2, 0.25) is 11.1 Å². The van der Waals surface area contributed by atoms with Crippen LogP contribution in [-0.2, 0) is 14.1 Å². The van der Waals surface area contributed by atoms with Crippen molar-refractivity contribution in [2.45, 2.75) is 45.8 Å². The van der Waals surface area contributed by atoms with Crippen LogP contribution in [0.1, 0.15) is 57.2 Å². The summed E-state index contributed by atoms with van der Waals surface area (Å²) in [7, 11) is 3.42. The second kappa shape index (κ2) is 19.8. The van der Waals surface area contributed by atoms with Gasteiger partial charge in [0.25, 0.3) is 11.1 Å². The van der Waals surface area contributed by atoms with E-state index in [1.807, 2.05) is 141 Å². The van der Waals surface area contributed by atoms with Crippen LogP contribution in [0.15, 0.2) is 196 Å². The maximum Gasteiger partial charge on any atom is 0.263 e. The number of anilines is 2. The van der Waals surface area contributed by atoms with Crippen LogP contribution in [0.25, 0.3) is 71.3 Å². The summed E-state index contributed by atoms with van der Waals surface area (Å²) < 4.78 is 6.64. The van der Waals surface area contributed by atoms with Crippen molar-refractivity contribution in [2.24, 2.45) is 14.1 Å². The highest BCUT2D eigenvalue weighted by Gasteiger charge is 2.22. The molecule has 8 aromatic heterocycles. The first kappa shape index (κ1) is 47.4. The minimum absolute atomic E-state index is 0.0575. The van der Waals surface area contributed by atoms with Gasteiger partial charge in [0, 0.05) is 97.3 Å². The predicted octanol–water partition coefficient (Wildman–Crippen LogP) is 10.5. The molecule has 0 aliphatic carbocycles. The SMILES string of the molecule is CC(C)n1c([C@H](C)Nc2nccc3cccnc23)cc2cccc(-c3ccc(=O)n(C)c3)c2c1=O.C[C@H](Nc1nccc2cccnc12)c1cc2cccc(-c3ccc(=O)n(C)c3)c2c(=O)n1-c1ccccc1. The van der Waals surface area contributed by atoms with Crippen LogP contribution in [0.4, 0.5) is 11.6 Å². The zero-order chi connectivity index (χ0) is 50.9. The standard InChI is InChI=1S/C31H25N5O2.C28H27N5O2/c1-20(34-30-29-21(15-17-33-30)9-7-16-32-29)26-18-22-8-6-12-25(23-13-14-27(37)35(2)19-23)28(22)31(38)36(26)24-10-4-3-5-11-24;1-17(2)33-23(18(3)31-27-26-19(12-14-30-27)8-6-13-29-26)15-20-7-5-9-22(25(20)28(33)35)21-10-11-24(34)32(4)16-21/h3-20H,1-2H3,(H,33,34);5-18H,1-4H3,(H,30,31)/t20-;18-/m00/s1. The van der Waals surface area contributed by atoms with Crippen molar-refractivity contribution in [3.05, 3.63) is 230 Å². The minimum atomic E-state index is -0.270. The largest absolute Gasteiger partial charge is 0.360 e. The van der Waals surface area contributed by atoms with Crippen LogP contribution < -0.4 is 32.9 Å². The van der Waals surface area contributed by atoms with E-state index in [0.29, 0.717) is 22.4 Å². The first-order chi connectivity index (χ1) is 35.4. The van der Waals surface area contributed by atoms with Crippen molar-refractivity contribution in [3.63, 3.8) is 0 Å². The molecule has 0 radical (unpaired) electrons. The van der Waals surface area contributed by atoms with E-state index < -0.39 is 0 Å². The molecule has 0 saturated heterocycles. The summed E-state index contributed by atoms with van der Waals surface area (Å²) in [5.74, 6) is 1.33. The number of aryl methyl sites for hydroxylation is 2. The first-order valence-electron chi connectivity index (χ1n) is 24.0. The molecule has 14 heteroatoms. The van der Waals surface area contributed by atoms with E-state index in [-0.39, 0.29) is 40.4 Å². The number of fused-ring (bicyclic) bond motifs is 4. The monoisotopic (exact) mass is 964 g/mol. The number of hydrogen-bond acceptors (Lipinski definition) is 10. The molecule has 11 rings (SSSR count). The Balaban J connectivity index is 0.000000168. The fourth-order valence-electron chi connectivity index (χ4n) is 9.57. The van der Waals surface area contributed by atoms with E-state index in [4.69, 9.17) is 0 Å². The van der Waals surface area contributed by atoms with Crippen molar-refractivity contribution in [2.75, 3.05) is 10.6 Å². The molecular formula is C59H52N10O4. The van der Waals surface area contributed by atoms with Crippen LogP contribution in [-0.4, -0.2) is 38.2 Å². The molecule has 2 atom stereocenters. The van der Waals surface area contributed by atoms with Gasteiger partial charge >= 0.3 is 0 Å². The molecule has 11 aromatic rings. The Labute approximate surface area is 419 Å². The average Bonchev–Trinajstić information content (AvgIpc) is 3.40. The second-order valence-electron chi connectivity index (χ2n) is 18.4. The topological polar surface area (TPSA) is 164 Å². The number of nitrogens with zero attached hydrogens (tertiary/aromatic N) is 8. The molecule has 0 amide bonds. The number of benzene rings is 3. The van der Waals surface area contributed by atoms with Crippen LogP contribution in [0.5, 0.6) is 0 Å². The summed E-state index contributed by atoms with van der Waals surface area (Å²) in [5, 5.41) is 11.9. The highest BCUT2D eigenvalue weighted by atomic mass is 16.1. The molecule has 0 fully saturated rings. The normalized spacial score (nSPS) is 12.2. The first-order valence-corrected chi connectivity index (χ1v) is 24.0. The third-order valence-electron chi connectivity index (χ3n) is 13.1. The lowest BCUT2D eigenvalue weighted by Crippen LogP contribution is -2.28. The molecule has 0 bridgehead atoms. The Morgan fingerprint density at radius 1 is 0.452 bits per heavy atom. The molecule has 2 N–H and O–H groups in total. The quantitative estimate of drug-likeness (QED) is 0.135. The smallest absolute Gasteiger partial charge is 0.263 e. The fraction of sp³-hybridized carbons (Fsp3) is 0.153. The molecule has 8 heterocycles. The van der Waals surface area contributed by atoms with Gasteiger partial charge in [0.15, 0.2) is 11.6 Å². The molecule has 0 aliphatic heterocycles. The molecular weight excluding hydrogens is 913 g/mol. The van der Waals surface area contributed by atoms with E-state index in [0.717, 1.165) is 71.9 Å². The van der Waals surface area contributed by atoms with E-state index in [1.54, 1.807) is 68.0 Å². The lowest BCUT2D eigenvalue weighted by Gasteiger charge is -2.24. The van der Waals surface area contributed by atoms with Crippen molar-refractivity contribution in [3.8, 4) is 27.9 Å². The van der Waals surface area contributed by atoms with Gasteiger partial charge in [-0.2, -0.15) is 0 Å². The van der Waals surface area contributed by atoms with Gasteiger partial charge in [-0.25, -0.2) is 9.97 Å². The van der Waals surface area contributed by atoms with Gasteiger partial charge < -0.3 is 24.3 Å². The maximum atomic E-state index is 14.3. The maximum absolute atomic E-state index is 14.3. The molecule has 73 heavy (non-hydrogen) atoms. The Hall–Kier alpha value is -9.30. The number of nitrogens with one attached hydrogen (secondary N) is 2.